The van der Waals surface area contributed by atoms with E-state index in [9.17, 15) is 9.59 Å². The van der Waals surface area contributed by atoms with E-state index in [0.717, 1.165) is 16.8 Å². The molecular weight excluding hydrogens is 356 g/mol. The van der Waals surface area contributed by atoms with Gasteiger partial charge in [-0.1, -0.05) is 41.4 Å². The van der Waals surface area contributed by atoms with Crippen LogP contribution in [-0.4, -0.2) is 23.3 Å². The molecule has 0 aliphatic carbocycles. The van der Waals surface area contributed by atoms with Crippen molar-refractivity contribution in [2.45, 2.75) is 19.9 Å². The van der Waals surface area contributed by atoms with Crippen molar-refractivity contribution in [2.75, 3.05) is 16.8 Å². The number of nitrogens with one attached hydrogen (secondary N) is 2. The first-order valence-corrected chi connectivity index (χ1v) is 9.46. The quantitative estimate of drug-likeness (QED) is 0.761. The summed E-state index contributed by atoms with van der Waals surface area (Å²) in [4.78, 5) is 23.9. The lowest BCUT2D eigenvalue weighted by Gasteiger charge is -2.14. The zero-order valence-electron chi connectivity index (χ0n) is 14.2. The second kappa shape index (κ2) is 9.49. The first kappa shape index (κ1) is 19.3. The minimum atomic E-state index is -0.131. The zero-order valence-corrected chi connectivity index (χ0v) is 15.8. The Hall–Kier alpha value is -1.98. The number of rotatable bonds is 7. The maximum atomic E-state index is 12.0. The topological polar surface area (TPSA) is 58.2 Å². The highest BCUT2D eigenvalue weighted by Gasteiger charge is 2.11. The van der Waals surface area contributed by atoms with Gasteiger partial charge in [-0.15, -0.1) is 11.8 Å². The largest absolute Gasteiger partial charge is 0.349 e. The summed E-state index contributed by atoms with van der Waals surface area (Å²) in [5.74, 6) is 0.226. The molecule has 0 aromatic heterocycles. The summed E-state index contributed by atoms with van der Waals surface area (Å²) in [5, 5.41) is 6.35. The molecule has 0 saturated heterocycles. The number of amides is 2. The number of hydrogen-bond acceptors (Lipinski definition) is 3. The van der Waals surface area contributed by atoms with Crippen molar-refractivity contribution in [3.05, 3.63) is 64.7 Å². The number of hydrogen-bond donors (Lipinski definition) is 2. The molecule has 0 aliphatic heterocycles. The van der Waals surface area contributed by atoms with Gasteiger partial charge in [-0.2, -0.15) is 0 Å². The molecule has 2 aromatic carbocycles. The van der Waals surface area contributed by atoms with Crippen molar-refractivity contribution in [3.63, 3.8) is 0 Å². The number of thioether (sulfide) groups is 1. The van der Waals surface area contributed by atoms with Gasteiger partial charge in [-0.05, 0) is 43.7 Å². The highest BCUT2D eigenvalue weighted by atomic mass is 35.5. The Balaban J connectivity index is 1.71. The van der Waals surface area contributed by atoms with E-state index < -0.39 is 0 Å². The molecule has 1 unspecified atom stereocenters. The van der Waals surface area contributed by atoms with Crippen LogP contribution in [0.2, 0.25) is 5.02 Å². The fourth-order valence-corrected chi connectivity index (χ4v) is 3.04. The van der Waals surface area contributed by atoms with Crippen LogP contribution in [0.3, 0.4) is 0 Å². The lowest BCUT2D eigenvalue weighted by atomic mass is 10.1. The smallest absolute Gasteiger partial charge is 0.234 e. The van der Waals surface area contributed by atoms with E-state index >= 15 is 0 Å². The Morgan fingerprint density at radius 3 is 2.44 bits per heavy atom. The van der Waals surface area contributed by atoms with Crippen molar-refractivity contribution < 1.29 is 9.59 Å². The molecule has 25 heavy (non-hydrogen) atoms. The van der Waals surface area contributed by atoms with Crippen LogP contribution in [0.4, 0.5) is 5.69 Å². The Morgan fingerprint density at radius 1 is 1.08 bits per heavy atom. The SMILES string of the molecule is Cc1ccc(NC(=O)CSCC(=O)NC(C)c2cccc(Cl)c2)cc1. The van der Waals surface area contributed by atoms with Gasteiger partial charge in [0.1, 0.15) is 0 Å². The van der Waals surface area contributed by atoms with Crippen LogP contribution >= 0.6 is 23.4 Å². The van der Waals surface area contributed by atoms with E-state index in [1.807, 2.05) is 56.3 Å². The third-order valence-corrected chi connectivity index (χ3v) is 4.70. The van der Waals surface area contributed by atoms with Gasteiger partial charge in [0.15, 0.2) is 0 Å². The van der Waals surface area contributed by atoms with Gasteiger partial charge in [0.2, 0.25) is 11.8 Å². The van der Waals surface area contributed by atoms with E-state index in [-0.39, 0.29) is 29.4 Å². The fraction of sp³-hybridized carbons (Fsp3) is 0.263. The molecule has 0 radical (unpaired) electrons. The van der Waals surface area contributed by atoms with E-state index in [1.54, 1.807) is 6.07 Å². The van der Waals surface area contributed by atoms with Crippen LogP contribution in [0.5, 0.6) is 0 Å². The van der Waals surface area contributed by atoms with Crippen molar-refractivity contribution in [1.29, 1.82) is 0 Å². The number of carbonyl (C=O) groups excluding carboxylic acids is 2. The molecule has 2 N–H and O–H groups in total. The van der Waals surface area contributed by atoms with Crippen molar-refractivity contribution in [2.24, 2.45) is 0 Å². The van der Waals surface area contributed by atoms with Crippen LogP contribution in [0.15, 0.2) is 48.5 Å². The molecule has 4 nitrogen and oxygen atoms in total. The fourth-order valence-electron chi connectivity index (χ4n) is 2.21. The standard InChI is InChI=1S/C19H21ClN2O2S/c1-13-6-8-17(9-7-13)22-19(24)12-25-11-18(23)21-14(2)15-4-3-5-16(20)10-15/h3-10,14H,11-12H2,1-2H3,(H,21,23)(H,22,24). The van der Waals surface area contributed by atoms with Crippen LogP contribution in [-0.2, 0) is 9.59 Å². The third-order valence-electron chi connectivity index (χ3n) is 3.53. The molecule has 0 bridgehead atoms. The summed E-state index contributed by atoms with van der Waals surface area (Å²) in [5.41, 5.74) is 2.84. The maximum absolute atomic E-state index is 12.0. The minimum absolute atomic E-state index is 0.111. The van der Waals surface area contributed by atoms with Crippen LogP contribution in [0, 0.1) is 6.92 Å². The molecule has 0 saturated carbocycles. The van der Waals surface area contributed by atoms with Gasteiger partial charge in [-0.25, -0.2) is 0 Å². The summed E-state index contributed by atoms with van der Waals surface area (Å²) in [6.07, 6.45) is 0. The second-order valence-corrected chi connectivity index (χ2v) is 7.17. The van der Waals surface area contributed by atoms with Gasteiger partial charge < -0.3 is 10.6 Å². The Kier molecular flexibility index (Phi) is 7.34. The molecule has 6 heteroatoms. The Bertz CT molecular complexity index is 734. The molecule has 2 aromatic rings. The Labute approximate surface area is 157 Å². The molecule has 132 valence electrons. The normalized spacial score (nSPS) is 11.6. The molecular formula is C19H21ClN2O2S. The molecule has 0 fully saturated rings. The van der Waals surface area contributed by atoms with Crippen LogP contribution < -0.4 is 10.6 Å². The molecule has 0 spiro atoms. The highest BCUT2D eigenvalue weighted by Crippen LogP contribution is 2.17. The van der Waals surface area contributed by atoms with E-state index in [4.69, 9.17) is 11.6 Å². The van der Waals surface area contributed by atoms with Crippen molar-refractivity contribution in [1.82, 2.24) is 5.32 Å². The lowest BCUT2D eigenvalue weighted by molar-refractivity contribution is -0.119. The number of halogens is 1. The van der Waals surface area contributed by atoms with E-state index in [2.05, 4.69) is 10.6 Å². The number of benzene rings is 2. The van der Waals surface area contributed by atoms with Gasteiger partial charge in [0, 0.05) is 10.7 Å². The third kappa shape index (κ3) is 6.80. The maximum Gasteiger partial charge on any atom is 0.234 e. The molecule has 2 rings (SSSR count). The average molecular weight is 377 g/mol. The molecule has 0 heterocycles. The molecule has 0 aliphatic rings. The van der Waals surface area contributed by atoms with Crippen molar-refractivity contribution in [3.8, 4) is 0 Å². The lowest BCUT2D eigenvalue weighted by Crippen LogP contribution is -2.28. The van der Waals surface area contributed by atoms with Gasteiger partial charge in [0.05, 0.1) is 17.5 Å². The van der Waals surface area contributed by atoms with Gasteiger partial charge >= 0.3 is 0 Å². The average Bonchev–Trinajstić information content (AvgIpc) is 2.57. The van der Waals surface area contributed by atoms with Crippen molar-refractivity contribution >= 4 is 40.9 Å². The van der Waals surface area contributed by atoms with Gasteiger partial charge in [0.25, 0.3) is 0 Å². The van der Waals surface area contributed by atoms with E-state index in [0.29, 0.717) is 5.02 Å². The summed E-state index contributed by atoms with van der Waals surface area (Å²) in [6, 6.07) is 14.9. The summed E-state index contributed by atoms with van der Waals surface area (Å²) in [6.45, 7) is 3.89. The first-order chi connectivity index (χ1) is 11.9. The van der Waals surface area contributed by atoms with E-state index in [1.165, 1.54) is 11.8 Å². The molecule has 1 atom stereocenters. The summed E-state index contributed by atoms with van der Waals surface area (Å²) in [7, 11) is 0. The molecule has 2 amide bonds. The number of carbonyl (C=O) groups is 2. The zero-order chi connectivity index (χ0) is 18.2. The minimum Gasteiger partial charge on any atom is -0.349 e. The second-order valence-electron chi connectivity index (χ2n) is 5.75. The number of aryl methyl sites for hydroxylation is 1. The van der Waals surface area contributed by atoms with Gasteiger partial charge in [-0.3, -0.25) is 9.59 Å². The number of anilines is 1. The van der Waals surface area contributed by atoms with Crippen LogP contribution in [0.1, 0.15) is 24.1 Å². The Morgan fingerprint density at radius 2 is 1.76 bits per heavy atom. The van der Waals surface area contributed by atoms with Crippen LogP contribution in [0.25, 0.3) is 0 Å². The predicted molar refractivity (Wildman–Crippen MR) is 105 cm³/mol. The summed E-state index contributed by atoms with van der Waals surface area (Å²) < 4.78 is 0. The predicted octanol–water partition coefficient (Wildman–Crippen LogP) is 4.20. The first-order valence-electron chi connectivity index (χ1n) is 7.93. The highest BCUT2D eigenvalue weighted by molar-refractivity contribution is 8.00. The monoisotopic (exact) mass is 376 g/mol. The summed E-state index contributed by atoms with van der Waals surface area (Å²) >= 11 is 7.24.